The summed E-state index contributed by atoms with van der Waals surface area (Å²) < 4.78 is 5.78. The van der Waals surface area contributed by atoms with E-state index in [0.717, 1.165) is 12.4 Å². The summed E-state index contributed by atoms with van der Waals surface area (Å²) in [5.74, 6) is 0.770. The molecule has 1 unspecified atom stereocenters. The fourth-order valence-corrected chi connectivity index (χ4v) is 1.84. The van der Waals surface area contributed by atoms with Crippen LogP contribution in [0.1, 0.15) is 44.7 Å². The average Bonchev–Trinajstić information content (AvgIpc) is 2.24. The molecule has 1 atom stereocenters. The number of ether oxygens (including phenoxy) is 1. The average molecular weight is 220 g/mol. The summed E-state index contributed by atoms with van der Waals surface area (Å²) in [5.41, 5.74) is 1.24. The van der Waals surface area contributed by atoms with E-state index in [1.165, 1.54) is 24.8 Å². The molecule has 88 valence electrons. The van der Waals surface area contributed by atoms with Gasteiger partial charge in [0.2, 0.25) is 5.88 Å². The lowest BCUT2D eigenvalue weighted by Crippen LogP contribution is -2.25. The molecule has 16 heavy (non-hydrogen) atoms. The van der Waals surface area contributed by atoms with Gasteiger partial charge < -0.3 is 10.1 Å². The quantitative estimate of drug-likeness (QED) is 0.828. The SMILES string of the molecule is CCNC(C)c1ccnc(OC2CCC2)c1. The Morgan fingerprint density at radius 1 is 1.56 bits per heavy atom. The van der Waals surface area contributed by atoms with Gasteiger partial charge in [-0.25, -0.2) is 4.98 Å². The van der Waals surface area contributed by atoms with E-state index in [9.17, 15) is 0 Å². The highest BCUT2D eigenvalue weighted by molar-refractivity contribution is 5.23. The zero-order chi connectivity index (χ0) is 11.4. The van der Waals surface area contributed by atoms with Gasteiger partial charge in [0.05, 0.1) is 0 Å². The van der Waals surface area contributed by atoms with E-state index < -0.39 is 0 Å². The third-order valence-electron chi connectivity index (χ3n) is 3.11. The summed E-state index contributed by atoms with van der Waals surface area (Å²) in [4.78, 5) is 4.25. The summed E-state index contributed by atoms with van der Waals surface area (Å²) in [6, 6.07) is 4.45. The molecule has 1 fully saturated rings. The first kappa shape index (κ1) is 11.4. The third kappa shape index (κ3) is 2.73. The van der Waals surface area contributed by atoms with E-state index in [1.54, 1.807) is 0 Å². The molecule has 1 saturated carbocycles. The van der Waals surface area contributed by atoms with Crippen LogP contribution in [-0.4, -0.2) is 17.6 Å². The summed E-state index contributed by atoms with van der Waals surface area (Å²) in [5, 5.41) is 3.39. The van der Waals surface area contributed by atoms with Crippen molar-refractivity contribution in [3.05, 3.63) is 23.9 Å². The van der Waals surface area contributed by atoms with Gasteiger partial charge in [-0.3, -0.25) is 0 Å². The van der Waals surface area contributed by atoms with Crippen molar-refractivity contribution >= 4 is 0 Å². The molecular formula is C13H20N2O. The molecule has 1 heterocycles. The maximum Gasteiger partial charge on any atom is 0.213 e. The number of hydrogen-bond acceptors (Lipinski definition) is 3. The standard InChI is InChI=1S/C13H20N2O/c1-3-14-10(2)11-7-8-15-13(9-11)16-12-5-4-6-12/h7-10,12,14H,3-6H2,1-2H3. The number of pyridine rings is 1. The first-order valence-electron chi connectivity index (χ1n) is 6.15. The molecule has 1 aromatic heterocycles. The Labute approximate surface area is 97.2 Å². The van der Waals surface area contributed by atoms with Gasteiger partial charge in [0.15, 0.2) is 0 Å². The molecule has 0 aromatic carbocycles. The molecule has 0 spiro atoms. The van der Waals surface area contributed by atoms with Gasteiger partial charge in [-0.05, 0) is 44.4 Å². The van der Waals surface area contributed by atoms with Crippen molar-refractivity contribution in [2.24, 2.45) is 0 Å². The van der Waals surface area contributed by atoms with Crippen molar-refractivity contribution in [1.29, 1.82) is 0 Å². The second kappa shape index (κ2) is 5.30. The van der Waals surface area contributed by atoms with Crippen LogP contribution in [0.4, 0.5) is 0 Å². The molecule has 0 aliphatic heterocycles. The maximum absolute atomic E-state index is 5.78. The van der Waals surface area contributed by atoms with Crippen molar-refractivity contribution in [2.75, 3.05) is 6.54 Å². The molecule has 3 heteroatoms. The van der Waals surface area contributed by atoms with E-state index in [2.05, 4.69) is 24.1 Å². The minimum absolute atomic E-state index is 0.358. The monoisotopic (exact) mass is 220 g/mol. The third-order valence-corrected chi connectivity index (χ3v) is 3.11. The van der Waals surface area contributed by atoms with Crippen LogP contribution in [0.5, 0.6) is 5.88 Å². The Morgan fingerprint density at radius 2 is 2.38 bits per heavy atom. The molecule has 0 saturated heterocycles. The van der Waals surface area contributed by atoms with Crippen molar-refractivity contribution in [3.8, 4) is 5.88 Å². The number of nitrogens with one attached hydrogen (secondary N) is 1. The molecule has 1 aliphatic carbocycles. The van der Waals surface area contributed by atoms with Crippen LogP contribution in [0, 0.1) is 0 Å². The Hall–Kier alpha value is -1.09. The van der Waals surface area contributed by atoms with E-state index in [1.807, 2.05) is 18.3 Å². The highest BCUT2D eigenvalue weighted by Crippen LogP contribution is 2.25. The van der Waals surface area contributed by atoms with E-state index in [0.29, 0.717) is 12.1 Å². The molecule has 0 bridgehead atoms. The maximum atomic E-state index is 5.78. The van der Waals surface area contributed by atoms with Crippen molar-refractivity contribution in [2.45, 2.75) is 45.3 Å². The fourth-order valence-electron chi connectivity index (χ4n) is 1.84. The lowest BCUT2D eigenvalue weighted by Gasteiger charge is -2.26. The van der Waals surface area contributed by atoms with Gasteiger partial charge in [0, 0.05) is 18.3 Å². The van der Waals surface area contributed by atoms with Crippen LogP contribution in [0.3, 0.4) is 0 Å². The van der Waals surface area contributed by atoms with Crippen molar-refractivity contribution in [3.63, 3.8) is 0 Å². The van der Waals surface area contributed by atoms with Crippen molar-refractivity contribution in [1.82, 2.24) is 10.3 Å². The van der Waals surface area contributed by atoms with E-state index >= 15 is 0 Å². The minimum atomic E-state index is 0.358. The first-order chi connectivity index (χ1) is 7.79. The second-order valence-electron chi connectivity index (χ2n) is 4.38. The minimum Gasteiger partial charge on any atom is -0.474 e. The molecule has 3 nitrogen and oxygen atoms in total. The number of aromatic nitrogens is 1. The van der Waals surface area contributed by atoms with Crippen LogP contribution >= 0.6 is 0 Å². The summed E-state index contributed by atoms with van der Waals surface area (Å²) in [7, 11) is 0. The highest BCUT2D eigenvalue weighted by Gasteiger charge is 2.19. The lowest BCUT2D eigenvalue weighted by molar-refractivity contribution is 0.114. The predicted molar refractivity (Wildman–Crippen MR) is 64.6 cm³/mol. The Bertz CT molecular complexity index is 336. The largest absolute Gasteiger partial charge is 0.474 e. The van der Waals surface area contributed by atoms with Gasteiger partial charge in [-0.1, -0.05) is 6.92 Å². The molecule has 0 amide bonds. The first-order valence-corrected chi connectivity index (χ1v) is 6.15. The Balaban J connectivity index is 2.00. The van der Waals surface area contributed by atoms with Gasteiger partial charge in [0.25, 0.3) is 0 Å². The molecule has 1 aromatic rings. The van der Waals surface area contributed by atoms with E-state index in [-0.39, 0.29) is 0 Å². The van der Waals surface area contributed by atoms with Crippen LogP contribution in [-0.2, 0) is 0 Å². The normalized spacial score (nSPS) is 17.9. The Kier molecular flexibility index (Phi) is 3.78. The predicted octanol–water partition coefficient (Wildman–Crippen LogP) is 2.68. The lowest BCUT2D eigenvalue weighted by atomic mass is 9.96. The zero-order valence-electron chi connectivity index (χ0n) is 10.1. The van der Waals surface area contributed by atoms with Gasteiger partial charge >= 0.3 is 0 Å². The van der Waals surface area contributed by atoms with Crippen LogP contribution in [0.25, 0.3) is 0 Å². The number of rotatable bonds is 5. The fraction of sp³-hybridized carbons (Fsp3) is 0.615. The van der Waals surface area contributed by atoms with Gasteiger partial charge in [-0.15, -0.1) is 0 Å². The number of hydrogen-bond donors (Lipinski definition) is 1. The zero-order valence-corrected chi connectivity index (χ0v) is 10.1. The number of nitrogens with zero attached hydrogens (tertiary/aromatic N) is 1. The summed E-state index contributed by atoms with van der Waals surface area (Å²) in [6.45, 7) is 5.25. The molecule has 1 N–H and O–H groups in total. The molecule has 1 aliphatic rings. The van der Waals surface area contributed by atoms with Crippen molar-refractivity contribution < 1.29 is 4.74 Å². The summed E-state index contributed by atoms with van der Waals surface area (Å²) >= 11 is 0. The Morgan fingerprint density at radius 3 is 3.00 bits per heavy atom. The topological polar surface area (TPSA) is 34.2 Å². The van der Waals surface area contributed by atoms with Gasteiger partial charge in [0.1, 0.15) is 6.10 Å². The van der Waals surface area contributed by atoms with Crippen LogP contribution < -0.4 is 10.1 Å². The highest BCUT2D eigenvalue weighted by atomic mass is 16.5. The van der Waals surface area contributed by atoms with Crippen LogP contribution in [0.15, 0.2) is 18.3 Å². The molecule has 2 rings (SSSR count). The smallest absolute Gasteiger partial charge is 0.213 e. The molecular weight excluding hydrogens is 200 g/mol. The second-order valence-corrected chi connectivity index (χ2v) is 4.38. The van der Waals surface area contributed by atoms with E-state index in [4.69, 9.17) is 4.74 Å². The molecule has 0 radical (unpaired) electrons. The van der Waals surface area contributed by atoms with Gasteiger partial charge in [-0.2, -0.15) is 0 Å². The summed E-state index contributed by atoms with van der Waals surface area (Å²) in [6.07, 6.45) is 5.87. The van der Waals surface area contributed by atoms with Crippen LogP contribution in [0.2, 0.25) is 0 Å².